The third kappa shape index (κ3) is 4.39. The summed E-state index contributed by atoms with van der Waals surface area (Å²) in [6, 6.07) is 7.68. The lowest BCUT2D eigenvalue weighted by atomic mass is 10.1. The van der Waals surface area contributed by atoms with Crippen LogP contribution in [0.1, 0.15) is 28.0 Å². The van der Waals surface area contributed by atoms with Crippen LogP contribution < -0.4 is 5.32 Å². The number of amides is 1. The molecule has 0 bridgehead atoms. The van der Waals surface area contributed by atoms with Crippen molar-refractivity contribution in [3.8, 4) is 0 Å². The molecular weight excluding hydrogens is 358 g/mol. The van der Waals surface area contributed by atoms with Gasteiger partial charge in [0.15, 0.2) is 10.1 Å². The Labute approximate surface area is 154 Å². The summed E-state index contributed by atoms with van der Waals surface area (Å²) in [5.74, 6) is 0.728. The summed E-state index contributed by atoms with van der Waals surface area (Å²) in [4.78, 5) is 12.5. The van der Waals surface area contributed by atoms with Crippen LogP contribution in [0.15, 0.2) is 33.0 Å². The maximum absolute atomic E-state index is 12.5. The van der Waals surface area contributed by atoms with Crippen LogP contribution in [0.2, 0.25) is 0 Å². The minimum absolute atomic E-state index is 0.222. The molecule has 0 spiro atoms. The second-order valence-electron chi connectivity index (χ2n) is 5.23. The molecule has 1 aromatic carbocycles. The first-order chi connectivity index (χ1) is 12.2. The Bertz CT molecular complexity index is 860. The van der Waals surface area contributed by atoms with E-state index in [1.807, 2.05) is 38.1 Å². The van der Waals surface area contributed by atoms with Gasteiger partial charge in [-0.1, -0.05) is 41.3 Å². The summed E-state index contributed by atoms with van der Waals surface area (Å²) in [5, 5.41) is 12.9. The number of ether oxygens (including phenoxy) is 1. The normalized spacial score (nSPS) is 11.1. The highest BCUT2D eigenvalue weighted by Gasteiger charge is 2.20. The Balaban J connectivity index is 1.80. The van der Waals surface area contributed by atoms with Crippen molar-refractivity contribution in [3.05, 3.63) is 40.6 Å². The molecular formula is C17H19N3O3S2. The van der Waals surface area contributed by atoms with Gasteiger partial charge in [0.05, 0.1) is 6.61 Å². The lowest BCUT2D eigenvalue weighted by molar-refractivity contribution is 0.0897. The van der Waals surface area contributed by atoms with Gasteiger partial charge in [0.25, 0.3) is 5.91 Å². The standard InChI is InChI=1S/C17H19N3O3S2/c1-3-22-9-8-18-16(21)15-13(10-24-17-20-19-11(2)25-17)12-6-4-5-7-14(12)23-15/h4-7H,3,8-10H2,1-2H3,(H,18,21). The van der Waals surface area contributed by atoms with E-state index in [9.17, 15) is 4.79 Å². The quantitative estimate of drug-likeness (QED) is 0.477. The fourth-order valence-corrected chi connectivity index (χ4v) is 4.20. The minimum atomic E-state index is -0.222. The van der Waals surface area contributed by atoms with Gasteiger partial charge in [-0.15, -0.1) is 10.2 Å². The second kappa shape index (κ2) is 8.46. The number of aryl methyl sites for hydroxylation is 1. The number of thioether (sulfide) groups is 1. The van der Waals surface area contributed by atoms with Gasteiger partial charge in [0.2, 0.25) is 0 Å². The number of hydrogen-bond donors (Lipinski definition) is 1. The van der Waals surface area contributed by atoms with Crippen molar-refractivity contribution in [2.75, 3.05) is 19.8 Å². The average molecular weight is 377 g/mol. The topological polar surface area (TPSA) is 77.2 Å². The van der Waals surface area contributed by atoms with E-state index < -0.39 is 0 Å². The molecule has 0 aliphatic rings. The highest BCUT2D eigenvalue weighted by molar-refractivity contribution is 8.00. The molecule has 132 valence electrons. The Hall–Kier alpha value is -1.90. The minimum Gasteiger partial charge on any atom is -0.451 e. The highest BCUT2D eigenvalue weighted by atomic mass is 32.2. The third-order valence-electron chi connectivity index (χ3n) is 3.49. The molecule has 3 aromatic rings. The summed E-state index contributed by atoms with van der Waals surface area (Å²) in [5.41, 5.74) is 1.59. The Morgan fingerprint density at radius 3 is 2.96 bits per heavy atom. The molecule has 0 aliphatic heterocycles. The molecule has 8 heteroatoms. The molecule has 6 nitrogen and oxygen atoms in total. The van der Waals surface area contributed by atoms with Gasteiger partial charge in [0.1, 0.15) is 10.6 Å². The Morgan fingerprint density at radius 2 is 2.20 bits per heavy atom. The van der Waals surface area contributed by atoms with Gasteiger partial charge >= 0.3 is 0 Å². The number of hydrogen-bond acceptors (Lipinski definition) is 7. The first-order valence-corrected chi connectivity index (χ1v) is 9.78. The van der Waals surface area contributed by atoms with Gasteiger partial charge in [-0.3, -0.25) is 4.79 Å². The summed E-state index contributed by atoms with van der Waals surface area (Å²) in [6.45, 7) is 5.41. The van der Waals surface area contributed by atoms with Gasteiger partial charge < -0.3 is 14.5 Å². The predicted octanol–water partition coefficient (Wildman–Crippen LogP) is 3.65. The molecule has 2 aromatic heterocycles. The summed E-state index contributed by atoms with van der Waals surface area (Å²) in [7, 11) is 0. The van der Waals surface area contributed by atoms with Crippen LogP contribution >= 0.6 is 23.1 Å². The van der Waals surface area contributed by atoms with Gasteiger partial charge in [-0.25, -0.2) is 0 Å². The van der Waals surface area contributed by atoms with E-state index in [4.69, 9.17) is 9.15 Å². The lowest BCUT2D eigenvalue weighted by Crippen LogP contribution is -2.27. The zero-order valence-electron chi connectivity index (χ0n) is 14.1. The van der Waals surface area contributed by atoms with Crippen LogP contribution in [0.4, 0.5) is 0 Å². The monoisotopic (exact) mass is 377 g/mol. The average Bonchev–Trinajstić information content (AvgIpc) is 3.20. The molecule has 2 heterocycles. The van der Waals surface area contributed by atoms with Gasteiger partial charge in [-0.2, -0.15) is 0 Å². The van der Waals surface area contributed by atoms with Crippen LogP contribution in [0, 0.1) is 6.92 Å². The van der Waals surface area contributed by atoms with Crippen LogP contribution in [-0.2, 0) is 10.5 Å². The molecule has 25 heavy (non-hydrogen) atoms. The fraction of sp³-hybridized carbons (Fsp3) is 0.353. The van der Waals surface area contributed by atoms with Crippen LogP contribution in [0.5, 0.6) is 0 Å². The summed E-state index contributed by atoms with van der Waals surface area (Å²) in [6.07, 6.45) is 0. The summed E-state index contributed by atoms with van der Waals surface area (Å²) >= 11 is 3.10. The molecule has 1 amide bonds. The number of furan rings is 1. The molecule has 0 atom stereocenters. The maximum atomic E-state index is 12.5. The molecule has 0 saturated carbocycles. The maximum Gasteiger partial charge on any atom is 0.287 e. The van der Waals surface area contributed by atoms with Gasteiger partial charge in [0, 0.05) is 29.9 Å². The van der Waals surface area contributed by atoms with Crippen molar-refractivity contribution < 1.29 is 13.9 Å². The third-order valence-corrected chi connectivity index (χ3v) is 5.49. The van der Waals surface area contributed by atoms with E-state index in [2.05, 4.69) is 15.5 Å². The van der Waals surface area contributed by atoms with Crippen molar-refractivity contribution in [1.82, 2.24) is 15.5 Å². The van der Waals surface area contributed by atoms with Crippen molar-refractivity contribution in [3.63, 3.8) is 0 Å². The molecule has 0 aliphatic carbocycles. The van der Waals surface area contributed by atoms with E-state index in [0.29, 0.717) is 36.9 Å². The largest absolute Gasteiger partial charge is 0.451 e. The SMILES string of the molecule is CCOCCNC(=O)c1oc2ccccc2c1CSc1nnc(C)s1. The molecule has 1 N–H and O–H groups in total. The molecule has 3 rings (SSSR count). The van der Waals surface area contributed by atoms with Crippen LogP contribution in [0.25, 0.3) is 11.0 Å². The summed E-state index contributed by atoms with van der Waals surface area (Å²) < 4.78 is 11.9. The van der Waals surface area contributed by atoms with Crippen molar-refractivity contribution >= 4 is 40.0 Å². The van der Waals surface area contributed by atoms with Crippen molar-refractivity contribution in [2.24, 2.45) is 0 Å². The smallest absolute Gasteiger partial charge is 0.287 e. The van der Waals surface area contributed by atoms with Gasteiger partial charge in [-0.05, 0) is 19.9 Å². The Morgan fingerprint density at radius 1 is 1.36 bits per heavy atom. The number of rotatable bonds is 8. The second-order valence-corrected chi connectivity index (χ2v) is 7.64. The molecule has 0 fully saturated rings. The zero-order chi connectivity index (χ0) is 17.6. The number of nitrogens with zero attached hydrogens (tertiary/aromatic N) is 2. The number of nitrogens with one attached hydrogen (secondary N) is 1. The highest BCUT2D eigenvalue weighted by Crippen LogP contribution is 2.33. The fourth-order valence-electron chi connectivity index (χ4n) is 2.36. The van der Waals surface area contributed by atoms with E-state index >= 15 is 0 Å². The molecule has 0 radical (unpaired) electrons. The first-order valence-electron chi connectivity index (χ1n) is 7.98. The van der Waals surface area contributed by atoms with E-state index in [1.54, 1.807) is 23.1 Å². The zero-order valence-corrected chi connectivity index (χ0v) is 15.7. The first kappa shape index (κ1) is 17.9. The number of para-hydroxylation sites is 1. The van der Waals surface area contributed by atoms with Crippen LogP contribution in [0.3, 0.4) is 0 Å². The number of benzene rings is 1. The molecule has 0 unspecified atom stereocenters. The van der Waals surface area contributed by atoms with Crippen LogP contribution in [-0.4, -0.2) is 35.9 Å². The number of aromatic nitrogens is 2. The van der Waals surface area contributed by atoms with Crippen molar-refractivity contribution in [1.29, 1.82) is 0 Å². The van der Waals surface area contributed by atoms with E-state index in [-0.39, 0.29) is 5.91 Å². The number of carbonyl (C=O) groups excluding carboxylic acids is 1. The predicted molar refractivity (Wildman–Crippen MR) is 99.2 cm³/mol. The number of fused-ring (bicyclic) bond motifs is 1. The van der Waals surface area contributed by atoms with E-state index in [1.165, 1.54) is 0 Å². The van der Waals surface area contributed by atoms with Crippen molar-refractivity contribution in [2.45, 2.75) is 23.9 Å². The van der Waals surface area contributed by atoms with E-state index in [0.717, 1.165) is 20.3 Å². The Kier molecular flexibility index (Phi) is 6.06. The number of carbonyl (C=O) groups is 1. The molecule has 0 saturated heterocycles. The lowest BCUT2D eigenvalue weighted by Gasteiger charge is -2.05.